The lowest BCUT2D eigenvalue weighted by Crippen LogP contribution is -2.45. The number of aliphatic hydroxyl groups excluding tert-OH is 1. The molecule has 4 heteroatoms. The van der Waals surface area contributed by atoms with Crippen molar-refractivity contribution in [3.8, 4) is 0 Å². The molecular weight excluding hydrogens is 276 g/mol. The van der Waals surface area contributed by atoms with Crippen LogP contribution in [0.4, 0.5) is 0 Å². The first-order valence-corrected chi connectivity index (χ1v) is 8.07. The van der Waals surface area contributed by atoms with Gasteiger partial charge in [0.2, 0.25) is 0 Å². The zero-order chi connectivity index (χ0) is 16.0. The van der Waals surface area contributed by atoms with Gasteiger partial charge in [-0.2, -0.15) is 0 Å². The molecule has 0 saturated heterocycles. The Kier molecular flexibility index (Phi) is 3.77. The van der Waals surface area contributed by atoms with Crippen LogP contribution in [0.2, 0.25) is 0 Å². The third-order valence-corrected chi connectivity index (χ3v) is 4.71. The van der Waals surface area contributed by atoms with E-state index in [4.69, 9.17) is 4.74 Å². The smallest absolute Gasteiger partial charge is 0.147 e. The van der Waals surface area contributed by atoms with E-state index in [2.05, 4.69) is 44.1 Å². The van der Waals surface area contributed by atoms with E-state index >= 15 is 0 Å². The van der Waals surface area contributed by atoms with Gasteiger partial charge in [0.05, 0.1) is 19.3 Å². The molecule has 2 aliphatic rings. The number of benzene rings is 1. The van der Waals surface area contributed by atoms with Crippen molar-refractivity contribution in [2.75, 3.05) is 19.7 Å². The minimum atomic E-state index is -0.530. The predicted molar refractivity (Wildman–Crippen MR) is 88.2 cm³/mol. The maximum atomic E-state index is 10.8. The highest BCUT2D eigenvalue weighted by atomic mass is 16.5. The quantitative estimate of drug-likeness (QED) is 0.883. The van der Waals surface area contributed by atoms with Crippen molar-refractivity contribution in [2.24, 2.45) is 10.4 Å². The molecule has 2 unspecified atom stereocenters. The number of ether oxygens (including phenoxy) is 1. The van der Waals surface area contributed by atoms with E-state index in [9.17, 15) is 5.11 Å². The highest BCUT2D eigenvalue weighted by Gasteiger charge is 2.41. The van der Waals surface area contributed by atoms with Gasteiger partial charge in [0.15, 0.2) is 0 Å². The molecule has 4 nitrogen and oxygen atoms in total. The SMILES string of the molecule is CC1(C2=NCCN2)OCCc2c(C(O)C(C)(C)C)cccc21. The standard InChI is InChI=1S/C18H26N2O2/c1-17(2,3)15(21)13-6-5-7-14-12(13)8-11-22-18(14,4)16-19-9-10-20-16/h5-7,15,21H,8-11H2,1-4H3,(H,19,20). The van der Waals surface area contributed by atoms with Crippen LogP contribution in [-0.4, -0.2) is 30.6 Å². The fourth-order valence-electron chi connectivity index (χ4n) is 3.40. The fourth-order valence-corrected chi connectivity index (χ4v) is 3.40. The number of nitrogens with one attached hydrogen (secondary N) is 1. The second-order valence-electron chi connectivity index (χ2n) is 7.43. The van der Waals surface area contributed by atoms with Gasteiger partial charge < -0.3 is 15.2 Å². The van der Waals surface area contributed by atoms with Crippen molar-refractivity contribution >= 4 is 5.84 Å². The lowest BCUT2D eigenvalue weighted by molar-refractivity contribution is 0.00337. The normalized spacial score (nSPS) is 26.1. The average Bonchev–Trinajstić information content (AvgIpc) is 3.00. The summed E-state index contributed by atoms with van der Waals surface area (Å²) in [5.74, 6) is 0.913. The second-order valence-corrected chi connectivity index (χ2v) is 7.43. The van der Waals surface area contributed by atoms with Crippen LogP contribution < -0.4 is 5.32 Å². The summed E-state index contributed by atoms with van der Waals surface area (Å²) < 4.78 is 6.12. The molecule has 0 fully saturated rings. The zero-order valence-corrected chi connectivity index (χ0v) is 13.9. The maximum Gasteiger partial charge on any atom is 0.147 e. The Morgan fingerprint density at radius 2 is 2.14 bits per heavy atom. The Morgan fingerprint density at radius 1 is 1.36 bits per heavy atom. The monoisotopic (exact) mass is 302 g/mol. The summed E-state index contributed by atoms with van der Waals surface area (Å²) in [6.07, 6.45) is 0.352. The molecule has 0 saturated carbocycles. The van der Waals surface area contributed by atoms with Crippen LogP contribution in [0, 0.1) is 5.41 Å². The first-order chi connectivity index (χ1) is 10.3. The molecule has 120 valence electrons. The summed E-state index contributed by atoms with van der Waals surface area (Å²) >= 11 is 0. The molecule has 0 spiro atoms. The number of fused-ring (bicyclic) bond motifs is 1. The molecule has 2 heterocycles. The van der Waals surface area contributed by atoms with Gasteiger partial charge in [-0.1, -0.05) is 39.0 Å². The lowest BCUT2D eigenvalue weighted by Gasteiger charge is -2.38. The third kappa shape index (κ3) is 2.44. The second kappa shape index (κ2) is 5.36. The summed E-state index contributed by atoms with van der Waals surface area (Å²) in [5, 5.41) is 14.1. The van der Waals surface area contributed by atoms with Crippen molar-refractivity contribution < 1.29 is 9.84 Å². The van der Waals surface area contributed by atoms with Crippen LogP contribution in [0.1, 0.15) is 50.5 Å². The predicted octanol–water partition coefficient (Wildman–Crippen LogP) is 2.56. The largest absolute Gasteiger partial charge is 0.388 e. The molecule has 0 bridgehead atoms. The van der Waals surface area contributed by atoms with Gasteiger partial charge in [0.1, 0.15) is 11.4 Å². The van der Waals surface area contributed by atoms with Crippen molar-refractivity contribution in [1.29, 1.82) is 0 Å². The molecule has 0 aromatic heterocycles. The van der Waals surface area contributed by atoms with Crippen molar-refractivity contribution in [3.05, 3.63) is 34.9 Å². The Labute approximate surface area is 132 Å². The van der Waals surface area contributed by atoms with E-state index in [0.29, 0.717) is 6.61 Å². The average molecular weight is 302 g/mol. The number of aliphatic hydroxyl groups is 1. The van der Waals surface area contributed by atoms with E-state index in [1.807, 2.05) is 12.1 Å². The Hall–Kier alpha value is -1.39. The Morgan fingerprint density at radius 3 is 2.77 bits per heavy atom. The molecule has 2 aliphatic heterocycles. The van der Waals surface area contributed by atoms with Crippen LogP contribution in [0.15, 0.2) is 23.2 Å². The zero-order valence-electron chi connectivity index (χ0n) is 13.9. The van der Waals surface area contributed by atoms with Gasteiger partial charge in [-0.15, -0.1) is 0 Å². The molecule has 2 atom stereocenters. The van der Waals surface area contributed by atoms with E-state index < -0.39 is 11.7 Å². The highest BCUT2D eigenvalue weighted by molar-refractivity contribution is 5.93. The molecule has 1 aromatic carbocycles. The Bertz CT molecular complexity index is 604. The molecule has 0 amide bonds. The number of rotatable bonds is 2. The van der Waals surface area contributed by atoms with E-state index in [1.54, 1.807) is 0 Å². The number of hydrogen-bond acceptors (Lipinski definition) is 4. The summed E-state index contributed by atoms with van der Waals surface area (Å²) in [5.41, 5.74) is 2.66. The molecular formula is C18H26N2O2. The summed E-state index contributed by atoms with van der Waals surface area (Å²) in [6.45, 7) is 10.6. The molecule has 22 heavy (non-hydrogen) atoms. The minimum absolute atomic E-state index is 0.188. The molecule has 0 aliphatic carbocycles. The number of nitrogens with zero attached hydrogens (tertiary/aromatic N) is 1. The molecule has 3 rings (SSSR count). The minimum Gasteiger partial charge on any atom is -0.388 e. The number of aliphatic imine (C=N–C) groups is 1. The van der Waals surface area contributed by atoms with Crippen LogP contribution in [0.3, 0.4) is 0 Å². The summed E-state index contributed by atoms with van der Waals surface area (Å²) in [7, 11) is 0. The number of hydrogen-bond donors (Lipinski definition) is 2. The van der Waals surface area contributed by atoms with Crippen LogP contribution in [-0.2, 0) is 16.8 Å². The van der Waals surface area contributed by atoms with Crippen molar-refractivity contribution in [3.63, 3.8) is 0 Å². The van der Waals surface area contributed by atoms with E-state index in [1.165, 1.54) is 5.56 Å². The molecule has 1 aromatic rings. The van der Waals surface area contributed by atoms with Gasteiger partial charge in [-0.3, -0.25) is 4.99 Å². The maximum absolute atomic E-state index is 10.8. The summed E-state index contributed by atoms with van der Waals surface area (Å²) in [4.78, 5) is 4.57. The molecule has 2 N–H and O–H groups in total. The first-order valence-electron chi connectivity index (χ1n) is 8.07. The van der Waals surface area contributed by atoms with Crippen molar-refractivity contribution in [1.82, 2.24) is 5.32 Å². The van der Waals surface area contributed by atoms with Crippen molar-refractivity contribution in [2.45, 2.75) is 45.8 Å². The topological polar surface area (TPSA) is 53.9 Å². The van der Waals surface area contributed by atoms with Gasteiger partial charge in [0.25, 0.3) is 0 Å². The highest BCUT2D eigenvalue weighted by Crippen LogP contribution is 2.41. The van der Waals surface area contributed by atoms with Gasteiger partial charge >= 0.3 is 0 Å². The number of amidine groups is 1. The van der Waals surface area contributed by atoms with E-state index in [-0.39, 0.29) is 5.41 Å². The molecule has 0 radical (unpaired) electrons. The van der Waals surface area contributed by atoms with Gasteiger partial charge in [0, 0.05) is 6.54 Å². The van der Waals surface area contributed by atoms with Gasteiger partial charge in [-0.05, 0) is 35.4 Å². The van der Waals surface area contributed by atoms with Gasteiger partial charge in [-0.25, -0.2) is 0 Å². The Balaban J connectivity index is 2.09. The fraction of sp³-hybridized carbons (Fsp3) is 0.611. The van der Waals surface area contributed by atoms with Crippen LogP contribution >= 0.6 is 0 Å². The lowest BCUT2D eigenvalue weighted by atomic mass is 9.78. The first kappa shape index (κ1) is 15.5. The van der Waals surface area contributed by atoms with Crippen LogP contribution in [0.5, 0.6) is 0 Å². The van der Waals surface area contributed by atoms with E-state index in [0.717, 1.165) is 36.5 Å². The summed E-state index contributed by atoms with van der Waals surface area (Å²) in [6, 6.07) is 6.17. The third-order valence-electron chi connectivity index (χ3n) is 4.71. The van der Waals surface area contributed by atoms with Crippen LogP contribution in [0.25, 0.3) is 0 Å².